The zero-order valence-corrected chi connectivity index (χ0v) is 14.8. The van der Waals surface area contributed by atoms with Crippen LogP contribution in [0.1, 0.15) is 15.9 Å². The standard InChI is InChI=1S/C21H21N3O3/c25-20(18-10-5-2-6-11-18)23-19(16-17-8-3-1-4-9-17)21(26)27-15-14-24-13-7-12-22-24/h1-13,19H,14-16H2,(H,23,25). The number of rotatable bonds is 8. The number of ether oxygens (including phenoxy) is 1. The molecular weight excluding hydrogens is 342 g/mol. The van der Waals surface area contributed by atoms with Crippen LogP contribution in [0.3, 0.4) is 0 Å². The van der Waals surface area contributed by atoms with Crippen LogP contribution in [0.5, 0.6) is 0 Å². The van der Waals surface area contributed by atoms with Crippen LogP contribution in [0.15, 0.2) is 79.1 Å². The van der Waals surface area contributed by atoms with E-state index in [1.807, 2.05) is 36.4 Å². The van der Waals surface area contributed by atoms with Crippen LogP contribution in [0, 0.1) is 0 Å². The molecule has 138 valence electrons. The maximum atomic E-state index is 12.6. The lowest BCUT2D eigenvalue weighted by Gasteiger charge is -2.18. The van der Waals surface area contributed by atoms with Gasteiger partial charge >= 0.3 is 5.97 Å². The molecule has 1 amide bonds. The lowest BCUT2D eigenvalue weighted by atomic mass is 10.1. The first-order valence-corrected chi connectivity index (χ1v) is 8.76. The van der Waals surface area contributed by atoms with Gasteiger partial charge in [0.1, 0.15) is 12.6 Å². The summed E-state index contributed by atoms with van der Waals surface area (Å²) in [6.45, 7) is 0.649. The fraction of sp³-hybridized carbons (Fsp3) is 0.190. The summed E-state index contributed by atoms with van der Waals surface area (Å²) in [5, 5.41) is 6.86. The minimum atomic E-state index is -0.766. The zero-order chi connectivity index (χ0) is 18.9. The highest BCUT2D eigenvalue weighted by Crippen LogP contribution is 2.07. The Morgan fingerprint density at radius 3 is 2.37 bits per heavy atom. The highest BCUT2D eigenvalue weighted by atomic mass is 16.5. The van der Waals surface area contributed by atoms with Crippen molar-refractivity contribution in [3.63, 3.8) is 0 Å². The number of hydrogen-bond donors (Lipinski definition) is 1. The summed E-state index contributed by atoms with van der Waals surface area (Å²) in [5.74, 6) is -0.768. The van der Waals surface area contributed by atoms with Crippen LogP contribution in [-0.4, -0.2) is 34.3 Å². The molecule has 0 aliphatic carbocycles. The van der Waals surface area contributed by atoms with Gasteiger partial charge in [-0.05, 0) is 23.8 Å². The van der Waals surface area contributed by atoms with Crippen LogP contribution < -0.4 is 5.32 Å². The van der Waals surface area contributed by atoms with Crippen molar-refractivity contribution in [3.8, 4) is 0 Å². The molecule has 1 atom stereocenters. The summed E-state index contributed by atoms with van der Waals surface area (Å²) < 4.78 is 7.05. The Balaban J connectivity index is 1.64. The maximum Gasteiger partial charge on any atom is 0.329 e. The number of benzene rings is 2. The number of carbonyl (C=O) groups excluding carboxylic acids is 2. The molecule has 0 spiro atoms. The van der Waals surface area contributed by atoms with Crippen molar-refractivity contribution < 1.29 is 14.3 Å². The normalized spacial score (nSPS) is 11.6. The summed E-state index contributed by atoms with van der Waals surface area (Å²) in [5.41, 5.74) is 1.44. The lowest BCUT2D eigenvalue weighted by molar-refractivity contribution is -0.146. The molecule has 0 fully saturated rings. The van der Waals surface area contributed by atoms with Gasteiger partial charge in [0.2, 0.25) is 0 Å². The second-order valence-electron chi connectivity index (χ2n) is 6.02. The molecule has 3 rings (SSSR count). The Morgan fingerprint density at radius 1 is 1.00 bits per heavy atom. The molecule has 27 heavy (non-hydrogen) atoms. The average molecular weight is 363 g/mol. The second-order valence-corrected chi connectivity index (χ2v) is 6.02. The fourth-order valence-electron chi connectivity index (χ4n) is 2.65. The Bertz CT molecular complexity index is 849. The van der Waals surface area contributed by atoms with Gasteiger partial charge in [-0.15, -0.1) is 0 Å². The van der Waals surface area contributed by atoms with Crippen LogP contribution in [0.4, 0.5) is 0 Å². The molecule has 1 aromatic heterocycles. The van der Waals surface area contributed by atoms with Crippen LogP contribution in [0.25, 0.3) is 0 Å². The predicted octanol–water partition coefficient (Wildman–Crippen LogP) is 2.47. The number of carbonyl (C=O) groups is 2. The van der Waals surface area contributed by atoms with E-state index < -0.39 is 12.0 Å². The van der Waals surface area contributed by atoms with Gasteiger partial charge in [0.05, 0.1) is 6.54 Å². The van der Waals surface area contributed by atoms with Crippen molar-refractivity contribution in [2.45, 2.75) is 19.0 Å². The third-order valence-electron chi connectivity index (χ3n) is 4.03. The second kappa shape index (κ2) is 9.33. The number of hydrogen-bond acceptors (Lipinski definition) is 4. The van der Waals surface area contributed by atoms with Crippen LogP contribution in [0.2, 0.25) is 0 Å². The highest BCUT2D eigenvalue weighted by molar-refractivity contribution is 5.96. The van der Waals surface area contributed by atoms with Crippen molar-refractivity contribution in [3.05, 3.63) is 90.3 Å². The molecule has 1 N–H and O–H groups in total. The molecule has 1 unspecified atom stereocenters. The van der Waals surface area contributed by atoms with E-state index in [1.165, 1.54) is 0 Å². The van der Waals surface area contributed by atoms with E-state index in [-0.39, 0.29) is 12.5 Å². The van der Waals surface area contributed by atoms with Gasteiger partial charge in [-0.2, -0.15) is 5.10 Å². The Hall–Kier alpha value is -3.41. The van der Waals surface area contributed by atoms with Gasteiger partial charge in [-0.25, -0.2) is 4.79 Å². The zero-order valence-electron chi connectivity index (χ0n) is 14.8. The first-order chi connectivity index (χ1) is 13.2. The Kier molecular flexibility index (Phi) is 6.35. The van der Waals surface area contributed by atoms with Crippen LogP contribution >= 0.6 is 0 Å². The molecule has 0 radical (unpaired) electrons. The Morgan fingerprint density at radius 2 is 1.70 bits per heavy atom. The van der Waals surface area contributed by atoms with Crippen molar-refractivity contribution in [1.82, 2.24) is 15.1 Å². The first kappa shape index (κ1) is 18.4. The minimum absolute atomic E-state index is 0.188. The van der Waals surface area contributed by atoms with Crippen LogP contribution in [-0.2, 0) is 22.5 Å². The van der Waals surface area contributed by atoms with Crippen molar-refractivity contribution >= 4 is 11.9 Å². The molecule has 6 nitrogen and oxygen atoms in total. The summed E-state index contributed by atoms with van der Waals surface area (Å²) in [4.78, 5) is 25.1. The third-order valence-corrected chi connectivity index (χ3v) is 4.03. The molecule has 2 aromatic carbocycles. The minimum Gasteiger partial charge on any atom is -0.462 e. The average Bonchev–Trinajstić information content (AvgIpc) is 3.22. The fourth-order valence-corrected chi connectivity index (χ4v) is 2.65. The number of aromatic nitrogens is 2. The monoisotopic (exact) mass is 363 g/mol. The largest absolute Gasteiger partial charge is 0.462 e. The molecule has 0 aliphatic rings. The summed E-state index contributed by atoms with van der Waals surface area (Å²) in [6.07, 6.45) is 3.83. The third kappa shape index (κ3) is 5.54. The molecule has 0 saturated carbocycles. The molecule has 3 aromatic rings. The van der Waals surface area contributed by atoms with Crippen molar-refractivity contribution in [2.24, 2.45) is 0 Å². The van der Waals surface area contributed by atoms with E-state index in [2.05, 4.69) is 10.4 Å². The first-order valence-electron chi connectivity index (χ1n) is 8.76. The maximum absolute atomic E-state index is 12.6. The van der Waals surface area contributed by atoms with E-state index in [4.69, 9.17) is 4.74 Å². The van der Waals surface area contributed by atoms with E-state index in [9.17, 15) is 9.59 Å². The molecule has 6 heteroatoms. The molecule has 0 bridgehead atoms. The number of nitrogens with zero attached hydrogens (tertiary/aromatic N) is 2. The number of amides is 1. The molecule has 0 aliphatic heterocycles. The predicted molar refractivity (Wildman–Crippen MR) is 101 cm³/mol. The van der Waals surface area contributed by atoms with Crippen molar-refractivity contribution in [2.75, 3.05) is 6.61 Å². The SMILES string of the molecule is O=C(NC(Cc1ccccc1)C(=O)OCCn1cccn1)c1ccccc1. The van der Waals surface area contributed by atoms with Crippen molar-refractivity contribution in [1.29, 1.82) is 0 Å². The quantitative estimate of drug-likeness (QED) is 0.624. The number of nitrogens with one attached hydrogen (secondary N) is 1. The topological polar surface area (TPSA) is 73.2 Å². The summed E-state index contributed by atoms with van der Waals surface area (Å²) in [6, 6.07) is 19.4. The number of esters is 1. The smallest absolute Gasteiger partial charge is 0.329 e. The van der Waals surface area contributed by atoms with Gasteiger partial charge < -0.3 is 10.1 Å². The van der Waals surface area contributed by atoms with E-state index in [1.54, 1.807) is 47.4 Å². The van der Waals surface area contributed by atoms with Gasteiger partial charge in [0.25, 0.3) is 5.91 Å². The summed E-state index contributed by atoms with van der Waals surface area (Å²) >= 11 is 0. The summed E-state index contributed by atoms with van der Waals surface area (Å²) in [7, 11) is 0. The van der Waals surface area contributed by atoms with E-state index in [0.29, 0.717) is 18.5 Å². The van der Waals surface area contributed by atoms with Gasteiger partial charge in [0.15, 0.2) is 0 Å². The van der Waals surface area contributed by atoms with Gasteiger partial charge in [0, 0.05) is 24.4 Å². The molecule has 1 heterocycles. The van der Waals surface area contributed by atoms with E-state index in [0.717, 1.165) is 5.56 Å². The lowest BCUT2D eigenvalue weighted by Crippen LogP contribution is -2.43. The van der Waals surface area contributed by atoms with E-state index >= 15 is 0 Å². The highest BCUT2D eigenvalue weighted by Gasteiger charge is 2.23. The Labute approximate surface area is 157 Å². The van der Waals surface area contributed by atoms with Gasteiger partial charge in [-0.1, -0.05) is 48.5 Å². The molecular formula is C21H21N3O3. The molecule has 0 saturated heterocycles. The van der Waals surface area contributed by atoms with Gasteiger partial charge in [-0.3, -0.25) is 9.48 Å².